The van der Waals surface area contributed by atoms with Gasteiger partial charge >= 0.3 is 6.18 Å². The molecule has 2 aromatic rings. The number of nitrogens with zero attached hydrogens (tertiary/aromatic N) is 4. The van der Waals surface area contributed by atoms with Crippen molar-refractivity contribution in [2.24, 2.45) is 0 Å². The van der Waals surface area contributed by atoms with Gasteiger partial charge < -0.3 is 4.74 Å². The number of ether oxygens (including phenoxy) is 1. The maximum Gasteiger partial charge on any atom is 0.420 e. The molecule has 0 unspecified atom stereocenters. The fraction of sp³-hybridized carbons (Fsp3) is 0.308. The number of aromatic nitrogens is 3. The van der Waals surface area contributed by atoms with Gasteiger partial charge in [0.25, 0.3) is 0 Å². The molecule has 1 heterocycles. The lowest BCUT2D eigenvalue weighted by molar-refractivity contribution is -0.139. The van der Waals surface area contributed by atoms with Crippen molar-refractivity contribution in [2.75, 3.05) is 0 Å². The molecule has 0 atom stereocenters. The molecule has 0 aliphatic carbocycles. The summed E-state index contributed by atoms with van der Waals surface area (Å²) in [7, 11) is 0. The number of hydrogen-bond donors (Lipinski definition) is 0. The Morgan fingerprint density at radius 2 is 2.14 bits per heavy atom. The van der Waals surface area contributed by atoms with Gasteiger partial charge in [-0.25, -0.2) is 9.67 Å². The highest BCUT2D eigenvalue weighted by Crippen LogP contribution is 2.37. The van der Waals surface area contributed by atoms with Gasteiger partial charge in [-0.2, -0.15) is 23.5 Å². The van der Waals surface area contributed by atoms with Crippen LogP contribution in [0.15, 0.2) is 24.5 Å². The number of nitriles is 1. The highest BCUT2D eigenvalue weighted by molar-refractivity contribution is 5.43. The molecule has 0 aliphatic heterocycles. The Labute approximate surface area is 118 Å². The lowest BCUT2D eigenvalue weighted by Crippen LogP contribution is -2.11. The Bertz CT molecular complexity index is 673. The van der Waals surface area contributed by atoms with Crippen LogP contribution in [0.3, 0.4) is 0 Å². The molecule has 0 fully saturated rings. The van der Waals surface area contributed by atoms with E-state index >= 15 is 0 Å². The first kappa shape index (κ1) is 14.8. The summed E-state index contributed by atoms with van der Waals surface area (Å²) < 4.78 is 45.6. The Morgan fingerprint density at radius 3 is 2.76 bits per heavy atom. The molecule has 0 bridgehead atoms. The van der Waals surface area contributed by atoms with Crippen LogP contribution in [0.4, 0.5) is 13.2 Å². The lowest BCUT2D eigenvalue weighted by Gasteiger charge is -2.14. The quantitative estimate of drug-likeness (QED) is 0.870. The van der Waals surface area contributed by atoms with Gasteiger partial charge in [0, 0.05) is 6.54 Å². The van der Waals surface area contributed by atoms with Crippen molar-refractivity contribution in [3.8, 4) is 11.8 Å². The lowest BCUT2D eigenvalue weighted by atomic mass is 10.1. The molecule has 0 aliphatic rings. The molecule has 8 heteroatoms. The summed E-state index contributed by atoms with van der Waals surface area (Å²) in [6.45, 7) is 2.24. The molecule has 0 saturated heterocycles. The second kappa shape index (κ2) is 5.83. The standard InChI is InChI=1S/C13H11F3N4O/c1-2-20-12(18-8-19-20)7-21-11-4-3-9(6-17)5-10(11)13(14,15)16/h3-5,8H,2,7H2,1H3. The molecule has 1 aromatic heterocycles. The van der Waals surface area contributed by atoms with Crippen LogP contribution in [0.1, 0.15) is 23.9 Å². The van der Waals surface area contributed by atoms with Crippen molar-refractivity contribution in [2.45, 2.75) is 26.3 Å². The molecular formula is C13H11F3N4O. The number of alkyl halides is 3. The van der Waals surface area contributed by atoms with Gasteiger partial charge in [-0.15, -0.1) is 0 Å². The molecule has 5 nitrogen and oxygen atoms in total. The van der Waals surface area contributed by atoms with Crippen molar-refractivity contribution >= 4 is 0 Å². The van der Waals surface area contributed by atoms with E-state index in [4.69, 9.17) is 10.00 Å². The Kier molecular flexibility index (Phi) is 4.12. The normalized spacial score (nSPS) is 11.2. The maximum absolute atomic E-state index is 13.0. The third-order valence-electron chi connectivity index (χ3n) is 2.77. The highest BCUT2D eigenvalue weighted by atomic mass is 19.4. The van der Waals surface area contributed by atoms with E-state index in [-0.39, 0.29) is 17.9 Å². The van der Waals surface area contributed by atoms with Crippen LogP contribution in [0, 0.1) is 11.3 Å². The number of halogens is 3. The summed E-state index contributed by atoms with van der Waals surface area (Å²) >= 11 is 0. The third-order valence-corrected chi connectivity index (χ3v) is 2.77. The predicted molar refractivity (Wildman–Crippen MR) is 66.2 cm³/mol. The molecule has 0 radical (unpaired) electrons. The second-order valence-electron chi connectivity index (χ2n) is 4.10. The van der Waals surface area contributed by atoms with Gasteiger partial charge in [0.15, 0.2) is 5.82 Å². The molecule has 0 N–H and O–H groups in total. The molecule has 110 valence electrons. The molecule has 0 amide bonds. The number of aryl methyl sites for hydroxylation is 1. The van der Waals surface area contributed by atoms with E-state index in [1.807, 2.05) is 6.92 Å². The Hall–Kier alpha value is -2.56. The van der Waals surface area contributed by atoms with E-state index < -0.39 is 11.7 Å². The monoisotopic (exact) mass is 296 g/mol. The topological polar surface area (TPSA) is 63.7 Å². The van der Waals surface area contributed by atoms with Crippen LogP contribution in [0.25, 0.3) is 0 Å². The average Bonchev–Trinajstić information content (AvgIpc) is 2.91. The van der Waals surface area contributed by atoms with E-state index in [2.05, 4.69) is 10.1 Å². The Morgan fingerprint density at radius 1 is 1.38 bits per heavy atom. The van der Waals surface area contributed by atoms with Gasteiger partial charge in [-0.05, 0) is 25.1 Å². The molecule has 21 heavy (non-hydrogen) atoms. The van der Waals surface area contributed by atoms with Crippen molar-refractivity contribution in [3.05, 3.63) is 41.5 Å². The zero-order valence-electron chi connectivity index (χ0n) is 11.1. The zero-order chi connectivity index (χ0) is 15.5. The van der Waals surface area contributed by atoms with E-state index in [1.165, 1.54) is 17.1 Å². The Balaban J connectivity index is 2.26. The molecule has 2 rings (SSSR count). The van der Waals surface area contributed by atoms with E-state index in [0.29, 0.717) is 12.4 Å². The SMILES string of the molecule is CCn1ncnc1COc1ccc(C#N)cc1C(F)(F)F. The molecule has 0 saturated carbocycles. The molecule has 1 aromatic carbocycles. The summed E-state index contributed by atoms with van der Waals surface area (Å²) in [5, 5.41) is 12.6. The first-order valence-electron chi connectivity index (χ1n) is 6.06. The smallest absolute Gasteiger partial charge is 0.420 e. The van der Waals surface area contributed by atoms with Crippen molar-refractivity contribution in [3.63, 3.8) is 0 Å². The predicted octanol–water partition coefficient (Wildman–Crippen LogP) is 2.77. The van der Waals surface area contributed by atoms with Gasteiger partial charge in [0.2, 0.25) is 0 Å². The van der Waals surface area contributed by atoms with Crippen LogP contribution in [0.5, 0.6) is 5.75 Å². The summed E-state index contributed by atoms with van der Waals surface area (Å²) in [5.74, 6) is 0.0853. The zero-order valence-corrected chi connectivity index (χ0v) is 11.1. The van der Waals surface area contributed by atoms with E-state index in [0.717, 1.165) is 12.1 Å². The van der Waals surface area contributed by atoms with Crippen LogP contribution in [0.2, 0.25) is 0 Å². The fourth-order valence-corrected chi connectivity index (χ4v) is 1.75. The minimum Gasteiger partial charge on any atom is -0.485 e. The highest BCUT2D eigenvalue weighted by Gasteiger charge is 2.34. The van der Waals surface area contributed by atoms with Crippen LogP contribution < -0.4 is 4.74 Å². The van der Waals surface area contributed by atoms with Crippen molar-refractivity contribution in [1.29, 1.82) is 5.26 Å². The minimum atomic E-state index is -4.60. The first-order valence-corrected chi connectivity index (χ1v) is 6.06. The molecule has 0 spiro atoms. The summed E-state index contributed by atoms with van der Waals surface area (Å²) in [5.41, 5.74) is -1.06. The minimum absolute atomic E-state index is 0.0774. The second-order valence-corrected chi connectivity index (χ2v) is 4.10. The number of hydrogen-bond acceptors (Lipinski definition) is 4. The summed E-state index contributed by atoms with van der Waals surface area (Å²) in [6, 6.07) is 4.84. The van der Waals surface area contributed by atoms with Gasteiger partial charge in [-0.3, -0.25) is 0 Å². The average molecular weight is 296 g/mol. The summed E-state index contributed by atoms with van der Waals surface area (Å²) in [4.78, 5) is 3.92. The fourth-order valence-electron chi connectivity index (χ4n) is 1.75. The largest absolute Gasteiger partial charge is 0.485 e. The van der Waals surface area contributed by atoms with E-state index in [1.54, 1.807) is 6.07 Å². The van der Waals surface area contributed by atoms with Gasteiger partial charge in [0.05, 0.1) is 17.2 Å². The van der Waals surface area contributed by atoms with E-state index in [9.17, 15) is 13.2 Å². The van der Waals surface area contributed by atoms with Crippen LogP contribution in [-0.2, 0) is 19.3 Å². The van der Waals surface area contributed by atoms with Gasteiger partial charge in [-0.1, -0.05) is 0 Å². The first-order chi connectivity index (χ1) is 9.95. The van der Waals surface area contributed by atoms with Crippen molar-refractivity contribution in [1.82, 2.24) is 14.8 Å². The van der Waals surface area contributed by atoms with Crippen molar-refractivity contribution < 1.29 is 17.9 Å². The van der Waals surface area contributed by atoms with Crippen LogP contribution >= 0.6 is 0 Å². The molecular weight excluding hydrogens is 285 g/mol. The third kappa shape index (κ3) is 3.31. The van der Waals surface area contributed by atoms with Crippen LogP contribution in [-0.4, -0.2) is 14.8 Å². The van der Waals surface area contributed by atoms with Gasteiger partial charge in [0.1, 0.15) is 18.7 Å². The summed E-state index contributed by atoms with van der Waals surface area (Å²) in [6.07, 6.45) is -3.29. The number of benzene rings is 1. The number of rotatable bonds is 4. The maximum atomic E-state index is 13.0.